The average molecular weight is 359 g/mol. The molecule has 0 spiro atoms. The van der Waals surface area contributed by atoms with E-state index in [0.29, 0.717) is 0 Å². The number of benzene rings is 2. The fraction of sp³-hybridized carbons (Fsp3) is 0.176. The zero-order chi connectivity index (χ0) is 19.5. The summed E-state index contributed by atoms with van der Waals surface area (Å²) in [6.07, 6.45) is -0.706. The largest absolute Gasteiger partial charge is 0.398 e. The van der Waals surface area contributed by atoms with Gasteiger partial charge in [-0.15, -0.1) is 0 Å². The van der Waals surface area contributed by atoms with E-state index in [1.54, 1.807) is 18.2 Å². The fourth-order valence-electron chi connectivity index (χ4n) is 2.60. The normalized spacial score (nSPS) is 12.9. The molecule has 1 atom stereocenters. The van der Waals surface area contributed by atoms with E-state index in [1.165, 1.54) is 18.2 Å². The molecule has 1 unspecified atom stereocenters. The number of aliphatic hydroxyl groups is 1. The number of non-ortho nitro benzene ring substituents is 1. The summed E-state index contributed by atoms with van der Waals surface area (Å²) in [7, 11) is 0.988. The Balaban J connectivity index is 2.57. The Hall–Kier alpha value is -3.30. The molecule has 4 N–H and O–H groups in total. The van der Waals surface area contributed by atoms with Crippen LogP contribution in [0.4, 0.5) is 11.4 Å². The molecule has 136 valence electrons. The fourth-order valence-corrected chi connectivity index (χ4v) is 2.60. The van der Waals surface area contributed by atoms with Crippen LogP contribution in [0.1, 0.15) is 17.5 Å². The lowest BCUT2D eigenvalue weighted by Crippen LogP contribution is -2.38. The van der Waals surface area contributed by atoms with Crippen LogP contribution in [0.15, 0.2) is 48.5 Å². The second-order valence-corrected chi connectivity index (χ2v) is 5.68. The monoisotopic (exact) mass is 359 g/mol. The molecular formula is C17H17N3O6. The van der Waals surface area contributed by atoms with Crippen molar-refractivity contribution < 1.29 is 24.8 Å². The predicted molar refractivity (Wildman–Crippen MR) is 91.1 cm³/mol. The number of anilines is 1. The van der Waals surface area contributed by atoms with E-state index >= 15 is 0 Å². The first-order valence-corrected chi connectivity index (χ1v) is 7.49. The van der Waals surface area contributed by atoms with Crippen LogP contribution in [0.3, 0.4) is 0 Å². The molecule has 26 heavy (non-hydrogen) atoms. The summed E-state index contributed by atoms with van der Waals surface area (Å²) in [6.45, 7) is 0. The minimum atomic E-state index is -2.01. The van der Waals surface area contributed by atoms with Crippen molar-refractivity contribution in [3.8, 4) is 0 Å². The summed E-state index contributed by atoms with van der Waals surface area (Å²) in [5, 5.41) is 31.4. The third-order valence-electron chi connectivity index (χ3n) is 3.89. The van der Waals surface area contributed by atoms with Crippen molar-refractivity contribution in [3.05, 3.63) is 69.8 Å². The Kier molecular flexibility index (Phi) is 5.34. The van der Waals surface area contributed by atoms with Crippen LogP contribution in [-0.4, -0.2) is 39.0 Å². The van der Waals surface area contributed by atoms with Crippen LogP contribution in [0.5, 0.6) is 0 Å². The Bertz CT molecular complexity index is 853. The molecule has 9 nitrogen and oxygen atoms in total. The number of amides is 1. The smallest absolute Gasteiger partial charge is 0.313 e. The summed E-state index contributed by atoms with van der Waals surface area (Å²) in [6, 6.07) is 11.4. The van der Waals surface area contributed by atoms with Gasteiger partial charge in [-0.2, -0.15) is 0 Å². The van der Waals surface area contributed by atoms with Gasteiger partial charge in [0.2, 0.25) is 5.78 Å². The molecule has 0 saturated heterocycles. The molecule has 0 aromatic heterocycles. The van der Waals surface area contributed by atoms with E-state index in [9.17, 15) is 24.8 Å². The van der Waals surface area contributed by atoms with E-state index < -0.39 is 28.6 Å². The van der Waals surface area contributed by atoms with Gasteiger partial charge in [-0.1, -0.05) is 30.3 Å². The second-order valence-electron chi connectivity index (χ2n) is 5.68. The summed E-state index contributed by atoms with van der Waals surface area (Å²) in [5.41, 5.74) is 3.78. The maximum Gasteiger partial charge on any atom is 0.313 e. The number of likely N-dealkylation sites (N-methyl/N-ethyl adjacent to an activating group) is 1. The van der Waals surface area contributed by atoms with E-state index in [1.807, 2.05) is 0 Å². The van der Waals surface area contributed by atoms with Gasteiger partial charge in [-0.3, -0.25) is 24.9 Å². The van der Waals surface area contributed by atoms with Crippen molar-refractivity contribution in [2.24, 2.45) is 0 Å². The number of hydrogen-bond donors (Lipinski definition) is 3. The van der Waals surface area contributed by atoms with Gasteiger partial charge < -0.3 is 10.8 Å². The molecule has 0 radical (unpaired) electrons. The highest BCUT2D eigenvalue weighted by Gasteiger charge is 2.38. The molecule has 0 aliphatic heterocycles. The summed E-state index contributed by atoms with van der Waals surface area (Å²) in [5.74, 6) is -2.26. The van der Waals surface area contributed by atoms with Crippen LogP contribution in [-0.2, 0) is 15.2 Å². The molecule has 0 saturated carbocycles. The zero-order valence-electron chi connectivity index (χ0n) is 13.8. The maximum absolute atomic E-state index is 12.2. The quantitative estimate of drug-likeness (QED) is 0.231. The Morgan fingerprint density at radius 1 is 1.23 bits per heavy atom. The number of Topliss-reactive ketones (excluding diaryl/α,β-unsaturated/α-hetero) is 1. The minimum absolute atomic E-state index is 0.0380. The first kappa shape index (κ1) is 19.0. The Labute approximate surface area is 148 Å². The molecule has 2 rings (SSSR count). The lowest BCUT2D eigenvalue weighted by molar-refractivity contribution is -0.384. The summed E-state index contributed by atoms with van der Waals surface area (Å²) >= 11 is 0. The number of nitrogen functional groups attached to an aromatic ring is 1. The number of carbonyl (C=O) groups excluding carboxylic acids is 2. The van der Waals surface area contributed by atoms with Crippen molar-refractivity contribution in [2.45, 2.75) is 12.0 Å². The van der Waals surface area contributed by atoms with Crippen molar-refractivity contribution >= 4 is 23.1 Å². The summed E-state index contributed by atoms with van der Waals surface area (Å²) in [4.78, 5) is 34.1. The van der Waals surface area contributed by atoms with Crippen LogP contribution < -0.4 is 5.73 Å². The van der Waals surface area contributed by atoms with Gasteiger partial charge in [0.1, 0.15) is 5.60 Å². The van der Waals surface area contributed by atoms with Gasteiger partial charge in [0.25, 0.3) is 5.69 Å². The molecule has 0 aliphatic carbocycles. The van der Waals surface area contributed by atoms with E-state index in [2.05, 4.69) is 0 Å². The number of nitro groups is 1. The number of rotatable bonds is 6. The Morgan fingerprint density at radius 2 is 1.85 bits per heavy atom. The van der Waals surface area contributed by atoms with E-state index in [-0.39, 0.29) is 27.6 Å². The van der Waals surface area contributed by atoms with Gasteiger partial charge in [0.15, 0.2) is 0 Å². The van der Waals surface area contributed by atoms with Crippen LogP contribution in [0.2, 0.25) is 0 Å². The van der Waals surface area contributed by atoms with Crippen LogP contribution >= 0.6 is 0 Å². The average Bonchev–Trinajstić information content (AvgIpc) is 2.61. The molecule has 0 fully saturated rings. The van der Waals surface area contributed by atoms with Gasteiger partial charge in [0, 0.05) is 30.4 Å². The lowest BCUT2D eigenvalue weighted by Gasteiger charge is -2.30. The number of carbonyl (C=O) groups is 2. The van der Waals surface area contributed by atoms with Crippen molar-refractivity contribution in [2.75, 3.05) is 12.8 Å². The first-order valence-electron chi connectivity index (χ1n) is 7.49. The minimum Gasteiger partial charge on any atom is -0.398 e. The molecule has 0 aliphatic rings. The van der Waals surface area contributed by atoms with Crippen molar-refractivity contribution in [3.63, 3.8) is 0 Å². The Morgan fingerprint density at radius 3 is 2.35 bits per heavy atom. The van der Waals surface area contributed by atoms with E-state index in [0.717, 1.165) is 19.2 Å². The van der Waals surface area contributed by atoms with E-state index in [4.69, 9.17) is 10.9 Å². The number of nitrogens with two attached hydrogens (primary N) is 1. The standard InChI is InChI=1S/C17H17N3O6/c1-19(24)16(22)15(21)10-17(23,11-5-3-2-4-6-11)13-8-7-12(20(25)26)9-14(13)18/h2-9,23-24H,10,18H2,1H3. The third kappa shape index (κ3) is 3.68. The SMILES string of the molecule is CN(O)C(=O)C(=O)CC(O)(c1ccccc1)c1ccc([N+](=O)[O-])cc1N. The molecule has 9 heteroatoms. The molecular weight excluding hydrogens is 342 g/mol. The number of hydroxylamine groups is 2. The van der Waals surface area contributed by atoms with Gasteiger partial charge in [-0.05, 0) is 11.6 Å². The molecule has 0 bridgehead atoms. The topological polar surface area (TPSA) is 147 Å². The first-order chi connectivity index (χ1) is 12.2. The van der Waals surface area contributed by atoms with Crippen LogP contribution in [0.25, 0.3) is 0 Å². The third-order valence-corrected chi connectivity index (χ3v) is 3.89. The number of nitrogens with zero attached hydrogens (tertiary/aromatic N) is 2. The highest BCUT2D eigenvalue weighted by Crippen LogP contribution is 2.38. The molecule has 0 heterocycles. The predicted octanol–water partition coefficient (Wildman–Crippen LogP) is 1.22. The van der Waals surface area contributed by atoms with Gasteiger partial charge >= 0.3 is 5.91 Å². The van der Waals surface area contributed by atoms with Crippen molar-refractivity contribution in [1.29, 1.82) is 0 Å². The lowest BCUT2D eigenvalue weighted by atomic mass is 9.81. The summed E-state index contributed by atoms with van der Waals surface area (Å²) < 4.78 is 0. The van der Waals surface area contributed by atoms with Crippen molar-refractivity contribution in [1.82, 2.24) is 5.06 Å². The number of nitro benzene ring substituents is 1. The molecule has 2 aromatic carbocycles. The number of ketones is 1. The molecule has 2 aromatic rings. The molecule has 1 amide bonds. The zero-order valence-corrected chi connectivity index (χ0v) is 13.8. The van der Waals surface area contributed by atoms with Gasteiger partial charge in [-0.25, -0.2) is 5.06 Å². The van der Waals surface area contributed by atoms with Crippen LogP contribution in [0, 0.1) is 10.1 Å². The second kappa shape index (κ2) is 7.30. The maximum atomic E-state index is 12.2. The number of hydrogen-bond acceptors (Lipinski definition) is 7. The highest BCUT2D eigenvalue weighted by atomic mass is 16.6. The van der Waals surface area contributed by atoms with Gasteiger partial charge in [0.05, 0.1) is 11.3 Å². The highest BCUT2D eigenvalue weighted by molar-refractivity contribution is 6.35.